The van der Waals surface area contributed by atoms with Gasteiger partial charge in [-0.05, 0) is 42.0 Å². The van der Waals surface area contributed by atoms with Gasteiger partial charge in [-0.1, -0.05) is 18.2 Å². The molecule has 10 nitrogen and oxygen atoms in total. The highest BCUT2D eigenvalue weighted by Gasteiger charge is 2.29. The number of carboxylic acid groups (broad SMARTS) is 1. The third-order valence-electron chi connectivity index (χ3n) is 6.18. The van der Waals surface area contributed by atoms with Crippen molar-refractivity contribution >= 4 is 51.0 Å². The van der Waals surface area contributed by atoms with Crippen molar-refractivity contribution in [1.29, 1.82) is 0 Å². The molecular formula is C27H21N3O7S. The van der Waals surface area contributed by atoms with Crippen LogP contribution in [0.3, 0.4) is 0 Å². The molecule has 0 unspecified atom stereocenters. The van der Waals surface area contributed by atoms with Crippen LogP contribution < -0.4 is 14.2 Å². The van der Waals surface area contributed by atoms with Gasteiger partial charge in [-0.2, -0.15) is 8.75 Å². The molecule has 6 aromatic rings. The predicted molar refractivity (Wildman–Crippen MR) is 141 cm³/mol. The van der Waals surface area contributed by atoms with Gasteiger partial charge in [-0.25, -0.2) is 4.79 Å². The van der Waals surface area contributed by atoms with E-state index in [-0.39, 0.29) is 25.6 Å². The molecular weight excluding hydrogens is 510 g/mol. The Kier molecular flexibility index (Phi) is 6.06. The van der Waals surface area contributed by atoms with E-state index in [2.05, 4.69) is 8.75 Å². The fourth-order valence-electron chi connectivity index (χ4n) is 4.60. The summed E-state index contributed by atoms with van der Waals surface area (Å²) in [6.45, 7) is 0.101. The Morgan fingerprint density at radius 3 is 2.74 bits per heavy atom. The molecule has 0 bridgehead atoms. The Bertz CT molecular complexity index is 1800. The van der Waals surface area contributed by atoms with Gasteiger partial charge in [0.25, 0.3) is 0 Å². The zero-order valence-electron chi connectivity index (χ0n) is 20.1. The van der Waals surface area contributed by atoms with Crippen molar-refractivity contribution in [1.82, 2.24) is 13.3 Å². The molecule has 3 heterocycles. The zero-order chi connectivity index (χ0) is 26.2. The van der Waals surface area contributed by atoms with Crippen molar-refractivity contribution in [2.45, 2.75) is 6.54 Å². The number of methoxy groups -OCH3 is 1. The van der Waals surface area contributed by atoms with Gasteiger partial charge in [0.1, 0.15) is 34.7 Å². The van der Waals surface area contributed by atoms with Crippen LogP contribution in [0.4, 0.5) is 4.79 Å². The maximum atomic E-state index is 11.9. The second-order valence-corrected chi connectivity index (χ2v) is 8.96. The van der Waals surface area contributed by atoms with Gasteiger partial charge in [-0.3, -0.25) is 0 Å². The monoisotopic (exact) mass is 531 g/mol. The number of ether oxygens (including phenoxy) is 3. The Hall–Kier alpha value is -4.61. The highest BCUT2D eigenvalue weighted by atomic mass is 32.1. The standard InChI is InChI=1S/C27H21N3O7S/c1-34-16-7-8-17(22(13-16)35-11-10-31)23-25-24(18-4-2-3-5-21(18)36-25)30(26(23)37-27(32)33)14-15-6-9-19-20(12-15)29-38-28-19/h2-9,12-13,31H,10-11,14H2,1H3,(H,32,33). The van der Waals surface area contributed by atoms with Gasteiger partial charge < -0.3 is 33.4 Å². The minimum Gasteiger partial charge on any atom is -0.497 e. The SMILES string of the molecule is COc1ccc(-c2c(OC(=O)O)n(Cc3ccc4nsnc4c3)c3c2oc2ccccc23)c(OCCO)c1. The maximum Gasteiger partial charge on any atom is 0.512 e. The maximum absolute atomic E-state index is 11.9. The molecule has 0 fully saturated rings. The molecule has 0 aliphatic carbocycles. The van der Waals surface area contributed by atoms with Gasteiger partial charge in [-0.15, -0.1) is 0 Å². The first-order valence-corrected chi connectivity index (χ1v) is 12.4. The lowest BCUT2D eigenvalue weighted by Gasteiger charge is -2.14. The second-order valence-electron chi connectivity index (χ2n) is 8.43. The molecule has 0 atom stereocenters. The normalized spacial score (nSPS) is 11.4. The molecule has 192 valence electrons. The number of benzene rings is 3. The van der Waals surface area contributed by atoms with Gasteiger partial charge >= 0.3 is 6.16 Å². The highest BCUT2D eigenvalue weighted by molar-refractivity contribution is 7.00. The first-order chi connectivity index (χ1) is 18.6. The van der Waals surface area contributed by atoms with Crippen molar-refractivity contribution in [2.75, 3.05) is 20.3 Å². The fourth-order valence-corrected chi connectivity index (χ4v) is 5.12. The number of furan rings is 1. The van der Waals surface area contributed by atoms with Crippen molar-refractivity contribution in [3.8, 4) is 28.5 Å². The average molecular weight is 532 g/mol. The number of carbonyl (C=O) groups is 1. The smallest absolute Gasteiger partial charge is 0.497 e. The Morgan fingerprint density at radius 2 is 1.92 bits per heavy atom. The summed E-state index contributed by atoms with van der Waals surface area (Å²) in [5.74, 6) is 0.989. The summed E-state index contributed by atoms with van der Waals surface area (Å²) >= 11 is 1.13. The number of aliphatic hydroxyl groups excluding tert-OH is 1. The quantitative estimate of drug-likeness (QED) is 0.243. The van der Waals surface area contributed by atoms with Crippen LogP contribution in [0.15, 0.2) is 65.1 Å². The number of hydrogen-bond acceptors (Lipinski definition) is 9. The fraction of sp³-hybridized carbons (Fsp3) is 0.148. The number of fused-ring (bicyclic) bond motifs is 4. The Balaban J connectivity index is 1.65. The molecule has 11 heteroatoms. The minimum absolute atomic E-state index is 0.0287. The van der Waals surface area contributed by atoms with E-state index in [9.17, 15) is 15.0 Å². The summed E-state index contributed by atoms with van der Waals surface area (Å²) in [5, 5.41) is 19.9. The third-order valence-corrected chi connectivity index (χ3v) is 6.73. The van der Waals surface area contributed by atoms with Crippen LogP contribution in [0.25, 0.3) is 44.2 Å². The molecule has 0 spiro atoms. The lowest BCUT2D eigenvalue weighted by atomic mass is 10.1. The van der Waals surface area contributed by atoms with Crippen LogP contribution in [0.1, 0.15) is 5.56 Å². The molecule has 0 amide bonds. The number of rotatable bonds is 8. The molecule has 6 rings (SSSR count). The van der Waals surface area contributed by atoms with E-state index in [1.54, 1.807) is 22.8 Å². The summed E-state index contributed by atoms with van der Waals surface area (Å²) in [6, 6.07) is 18.4. The van der Waals surface area contributed by atoms with E-state index >= 15 is 0 Å². The van der Waals surface area contributed by atoms with Crippen LogP contribution in [-0.2, 0) is 6.54 Å². The van der Waals surface area contributed by atoms with Gasteiger partial charge in [0.15, 0.2) is 5.58 Å². The zero-order valence-corrected chi connectivity index (χ0v) is 20.9. The summed E-state index contributed by atoms with van der Waals surface area (Å²) in [5.41, 5.74) is 5.11. The molecule has 0 saturated heterocycles. The van der Waals surface area contributed by atoms with Crippen molar-refractivity contribution in [3.05, 3.63) is 66.2 Å². The van der Waals surface area contributed by atoms with Crippen molar-refractivity contribution in [2.24, 2.45) is 0 Å². The summed E-state index contributed by atoms with van der Waals surface area (Å²) in [6.07, 6.45) is -1.47. The number of para-hydroxylation sites is 1. The summed E-state index contributed by atoms with van der Waals surface area (Å²) in [4.78, 5) is 11.9. The molecule has 0 aliphatic heterocycles. The average Bonchev–Trinajstić information content (AvgIpc) is 3.61. The number of aliphatic hydroxyl groups is 1. The first kappa shape index (κ1) is 23.8. The van der Waals surface area contributed by atoms with Crippen molar-refractivity contribution < 1.29 is 33.6 Å². The number of hydrogen-bond donors (Lipinski definition) is 2. The van der Waals surface area contributed by atoms with Crippen LogP contribution in [0.2, 0.25) is 0 Å². The second kappa shape index (κ2) is 9.69. The molecule has 0 saturated carbocycles. The number of aromatic nitrogens is 3. The molecule has 0 aliphatic rings. The third kappa shape index (κ3) is 4.07. The van der Waals surface area contributed by atoms with E-state index in [1.807, 2.05) is 42.5 Å². The molecule has 3 aromatic heterocycles. The largest absolute Gasteiger partial charge is 0.512 e. The minimum atomic E-state index is -1.47. The topological polar surface area (TPSA) is 129 Å². The van der Waals surface area contributed by atoms with Gasteiger partial charge in [0.05, 0.1) is 43.1 Å². The molecule has 2 N–H and O–H groups in total. The summed E-state index contributed by atoms with van der Waals surface area (Å²) < 4.78 is 33.3. The summed E-state index contributed by atoms with van der Waals surface area (Å²) in [7, 11) is 1.53. The van der Waals surface area contributed by atoms with E-state index in [1.165, 1.54) is 7.11 Å². The van der Waals surface area contributed by atoms with E-state index in [4.69, 9.17) is 18.6 Å². The van der Waals surface area contributed by atoms with Gasteiger partial charge in [0, 0.05) is 17.0 Å². The van der Waals surface area contributed by atoms with Crippen LogP contribution >= 0.6 is 11.7 Å². The highest BCUT2D eigenvalue weighted by Crippen LogP contribution is 2.48. The number of nitrogens with zero attached hydrogens (tertiary/aromatic N) is 3. The first-order valence-electron chi connectivity index (χ1n) is 11.6. The molecule has 0 radical (unpaired) electrons. The Morgan fingerprint density at radius 1 is 1.08 bits per heavy atom. The van der Waals surface area contributed by atoms with Gasteiger partial charge in [0.2, 0.25) is 5.88 Å². The van der Waals surface area contributed by atoms with Crippen LogP contribution in [-0.4, -0.2) is 50.0 Å². The lowest BCUT2D eigenvalue weighted by Crippen LogP contribution is -2.10. The van der Waals surface area contributed by atoms with Crippen LogP contribution in [0, 0.1) is 0 Å². The van der Waals surface area contributed by atoms with E-state index < -0.39 is 6.16 Å². The van der Waals surface area contributed by atoms with Crippen molar-refractivity contribution in [3.63, 3.8) is 0 Å². The lowest BCUT2D eigenvalue weighted by molar-refractivity contribution is 0.141. The molecule has 3 aromatic carbocycles. The van der Waals surface area contributed by atoms with E-state index in [0.717, 1.165) is 33.7 Å². The molecule has 38 heavy (non-hydrogen) atoms. The predicted octanol–water partition coefficient (Wildman–Crippen LogP) is 5.54. The van der Waals surface area contributed by atoms with Crippen LogP contribution in [0.5, 0.6) is 17.4 Å². The van der Waals surface area contributed by atoms with E-state index in [0.29, 0.717) is 39.3 Å². The Labute approximate surface area is 219 Å².